The van der Waals surface area contributed by atoms with Gasteiger partial charge < -0.3 is 20.8 Å². The molecule has 138 valence electrons. The molecule has 5 nitrogen and oxygen atoms in total. The summed E-state index contributed by atoms with van der Waals surface area (Å²) in [6.45, 7) is 0.947. The zero-order valence-electron chi connectivity index (χ0n) is 14.9. The quantitative estimate of drug-likeness (QED) is 0.483. The van der Waals surface area contributed by atoms with Gasteiger partial charge in [-0.3, -0.25) is 4.79 Å². The van der Waals surface area contributed by atoms with Crippen molar-refractivity contribution in [2.45, 2.75) is 13.0 Å². The topological polar surface area (TPSA) is 81.6 Å². The van der Waals surface area contributed by atoms with Crippen LogP contribution in [0.15, 0.2) is 72.8 Å². The monoisotopic (exact) mass is 362 g/mol. The second-order valence-corrected chi connectivity index (χ2v) is 6.24. The molecule has 3 rings (SSSR count). The Morgan fingerprint density at radius 3 is 2.37 bits per heavy atom. The minimum atomic E-state index is -0.108. The number of carbonyl (C=O) groups is 1. The molecule has 1 amide bonds. The van der Waals surface area contributed by atoms with Gasteiger partial charge in [-0.2, -0.15) is 0 Å². The first-order valence-electron chi connectivity index (χ1n) is 8.79. The molecule has 0 aliphatic rings. The van der Waals surface area contributed by atoms with E-state index in [1.165, 1.54) is 23.8 Å². The van der Waals surface area contributed by atoms with Gasteiger partial charge >= 0.3 is 0 Å². The van der Waals surface area contributed by atoms with Gasteiger partial charge in [0.2, 0.25) is 0 Å². The summed E-state index contributed by atoms with van der Waals surface area (Å²) in [5, 5.41) is 25.4. The van der Waals surface area contributed by atoms with Crippen LogP contribution in [0.1, 0.15) is 21.5 Å². The van der Waals surface area contributed by atoms with Crippen LogP contribution >= 0.6 is 0 Å². The molecule has 0 radical (unpaired) electrons. The van der Waals surface area contributed by atoms with Crippen LogP contribution in [0.25, 0.3) is 0 Å². The molecular formula is C22H22N2O3. The molecule has 0 heterocycles. The molecule has 27 heavy (non-hydrogen) atoms. The lowest BCUT2D eigenvalue weighted by Gasteiger charge is -2.10. The van der Waals surface area contributed by atoms with Crippen molar-refractivity contribution >= 4 is 11.6 Å². The average molecular weight is 362 g/mol. The highest BCUT2D eigenvalue weighted by molar-refractivity contribution is 5.94. The normalized spacial score (nSPS) is 10.4. The van der Waals surface area contributed by atoms with Crippen LogP contribution in [0, 0.1) is 0 Å². The zero-order chi connectivity index (χ0) is 19.1. The van der Waals surface area contributed by atoms with Crippen LogP contribution in [-0.4, -0.2) is 22.7 Å². The molecule has 0 saturated carbocycles. The minimum Gasteiger partial charge on any atom is -0.508 e. The number of benzene rings is 3. The van der Waals surface area contributed by atoms with Gasteiger partial charge in [0.15, 0.2) is 0 Å². The van der Waals surface area contributed by atoms with E-state index < -0.39 is 0 Å². The summed E-state index contributed by atoms with van der Waals surface area (Å²) in [7, 11) is 0. The second kappa shape index (κ2) is 8.76. The highest BCUT2D eigenvalue weighted by Gasteiger charge is 2.06. The fourth-order valence-electron chi connectivity index (χ4n) is 2.72. The van der Waals surface area contributed by atoms with E-state index in [1.807, 2.05) is 42.5 Å². The van der Waals surface area contributed by atoms with E-state index in [1.54, 1.807) is 12.1 Å². The largest absolute Gasteiger partial charge is 0.508 e. The Morgan fingerprint density at radius 1 is 0.889 bits per heavy atom. The Bertz CT molecular complexity index is 893. The molecule has 0 aliphatic carbocycles. The van der Waals surface area contributed by atoms with Crippen LogP contribution in [-0.2, 0) is 13.0 Å². The highest BCUT2D eigenvalue weighted by atomic mass is 16.3. The number of aromatic hydroxyl groups is 2. The molecule has 0 atom stereocenters. The summed E-state index contributed by atoms with van der Waals surface area (Å²) in [5.74, 6) is 0.116. The molecule has 3 aromatic carbocycles. The van der Waals surface area contributed by atoms with Gasteiger partial charge in [0.05, 0.1) is 0 Å². The number of anilines is 1. The van der Waals surface area contributed by atoms with Crippen LogP contribution in [0.3, 0.4) is 0 Å². The molecule has 0 bridgehead atoms. The van der Waals surface area contributed by atoms with Gasteiger partial charge in [-0.1, -0.05) is 30.3 Å². The van der Waals surface area contributed by atoms with E-state index in [2.05, 4.69) is 10.6 Å². The van der Waals surface area contributed by atoms with Crippen LogP contribution in [0.5, 0.6) is 11.5 Å². The van der Waals surface area contributed by atoms with Crippen molar-refractivity contribution in [2.75, 3.05) is 11.9 Å². The van der Waals surface area contributed by atoms with Crippen molar-refractivity contribution in [3.05, 3.63) is 89.5 Å². The predicted octanol–water partition coefficient (Wildman–Crippen LogP) is 3.68. The molecule has 0 aromatic heterocycles. The van der Waals surface area contributed by atoms with Crippen LogP contribution < -0.4 is 10.6 Å². The maximum Gasteiger partial charge on any atom is 0.251 e. The van der Waals surface area contributed by atoms with E-state index in [-0.39, 0.29) is 17.4 Å². The van der Waals surface area contributed by atoms with Crippen LogP contribution in [0.2, 0.25) is 0 Å². The summed E-state index contributed by atoms with van der Waals surface area (Å²) in [6.07, 6.45) is 0.791. The van der Waals surface area contributed by atoms with Crippen molar-refractivity contribution in [1.82, 2.24) is 5.32 Å². The Morgan fingerprint density at radius 2 is 1.63 bits per heavy atom. The van der Waals surface area contributed by atoms with Crippen molar-refractivity contribution in [3.8, 4) is 11.5 Å². The third-order valence-corrected chi connectivity index (χ3v) is 4.24. The maximum atomic E-state index is 12.2. The Labute approximate surface area is 158 Å². The molecule has 0 aliphatic heterocycles. The second-order valence-electron chi connectivity index (χ2n) is 6.24. The first kappa shape index (κ1) is 18.3. The van der Waals surface area contributed by atoms with Gasteiger partial charge in [0, 0.05) is 29.9 Å². The lowest BCUT2D eigenvalue weighted by Crippen LogP contribution is -2.25. The molecule has 0 unspecified atom stereocenters. The molecule has 5 heteroatoms. The van der Waals surface area contributed by atoms with E-state index in [9.17, 15) is 15.0 Å². The first-order valence-corrected chi connectivity index (χ1v) is 8.79. The fraction of sp³-hybridized carbons (Fsp3) is 0.136. The van der Waals surface area contributed by atoms with E-state index in [4.69, 9.17) is 0 Å². The Hall–Kier alpha value is -3.47. The SMILES string of the molecule is O=C(NCCc1ccccc1)c1ccc(NCc2cc(O)ccc2O)cc1. The average Bonchev–Trinajstić information content (AvgIpc) is 2.70. The molecule has 0 saturated heterocycles. The standard InChI is InChI=1S/C22H22N2O3/c25-20-10-11-21(26)18(14-20)15-24-19-8-6-17(7-9-19)22(27)23-13-12-16-4-2-1-3-5-16/h1-11,14,24-26H,12-13,15H2,(H,23,27). The van der Waals surface area contributed by atoms with Gasteiger partial charge in [-0.25, -0.2) is 0 Å². The van der Waals surface area contributed by atoms with Gasteiger partial charge in [-0.05, 0) is 54.4 Å². The number of rotatable bonds is 7. The maximum absolute atomic E-state index is 12.2. The highest BCUT2D eigenvalue weighted by Crippen LogP contribution is 2.23. The van der Waals surface area contributed by atoms with Gasteiger partial charge in [0.25, 0.3) is 5.91 Å². The van der Waals surface area contributed by atoms with Crippen LogP contribution in [0.4, 0.5) is 5.69 Å². The molecule has 0 spiro atoms. The number of nitrogens with one attached hydrogen (secondary N) is 2. The smallest absolute Gasteiger partial charge is 0.251 e. The number of phenolic OH excluding ortho intramolecular Hbond substituents is 2. The number of hydrogen-bond acceptors (Lipinski definition) is 4. The summed E-state index contributed by atoms with van der Waals surface area (Å²) < 4.78 is 0. The Kier molecular flexibility index (Phi) is 5.94. The van der Waals surface area contributed by atoms with Crippen molar-refractivity contribution in [2.24, 2.45) is 0 Å². The third kappa shape index (κ3) is 5.25. The zero-order valence-corrected chi connectivity index (χ0v) is 14.9. The third-order valence-electron chi connectivity index (χ3n) is 4.24. The summed E-state index contributed by atoms with van der Waals surface area (Å²) in [6, 6.07) is 21.5. The van der Waals surface area contributed by atoms with Gasteiger partial charge in [-0.15, -0.1) is 0 Å². The molecule has 0 fully saturated rings. The lowest BCUT2D eigenvalue weighted by molar-refractivity contribution is 0.0954. The fourth-order valence-corrected chi connectivity index (χ4v) is 2.72. The Balaban J connectivity index is 1.50. The number of phenols is 2. The summed E-state index contributed by atoms with van der Waals surface area (Å²) in [4.78, 5) is 12.2. The van der Waals surface area contributed by atoms with E-state index in [0.29, 0.717) is 24.2 Å². The number of hydrogen-bond donors (Lipinski definition) is 4. The summed E-state index contributed by atoms with van der Waals surface area (Å²) >= 11 is 0. The first-order chi connectivity index (χ1) is 13.1. The number of amides is 1. The van der Waals surface area contributed by atoms with Crippen molar-refractivity contribution < 1.29 is 15.0 Å². The van der Waals surface area contributed by atoms with Crippen molar-refractivity contribution in [3.63, 3.8) is 0 Å². The van der Waals surface area contributed by atoms with E-state index in [0.717, 1.165) is 12.1 Å². The minimum absolute atomic E-state index is 0.104. The molecular weight excluding hydrogens is 340 g/mol. The summed E-state index contributed by atoms with van der Waals surface area (Å²) in [5.41, 5.74) is 3.19. The molecule has 3 aromatic rings. The van der Waals surface area contributed by atoms with Crippen molar-refractivity contribution in [1.29, 1.82) is 0 Å². The van der Waals surface area contributed by atoms with Gasteiger partial charge in [0.1, 0.15) is 11.5 Å². The predicted molar refractivity (Wildman–Crippen MR) is 106 cm³/mol. The number of carbonyl (C=O) groups excluding carboxylic acids is 1. The lowest BCUT2D eigenvalue weighted by atomic mass is 10.1. The van der Waals surface area contributed by atoms with E-state index >= 15 is 0 Å². The molecule has 4 N–H and O–H groups in total.